The summed E-state index contributed by atoms with van der Waals surface area (Å²) < 4.78 is 11.6. The number of ether oxygens (including phenoxy) is 2. The lowest BCUT2D eigenvalue weighted by molar-refractivity contribution is -0.127. The second-order valence-corrected chi connectivity index (χ2v) is 19.1. The number of imide groups is 2. The normalized spacial score (nSPS) is 17.0. The van der Waals surface area contributed by atoms with Crippen LogP contribution in [-0.4, -0.2) is 74.0 Å². The Morgan fingerprint density at radius 3 is 1.05 bits per heavy atom. The van der Waals surface area contributed by atoms with Crippen LogP contribution in [0.1, 0.15) is 189 Å². The van der Waals surface area contributed by atoms with E-state index in [1.54, 1.807) is 0 Å². The first-order valence-corrected chi connectivity index (χ1v) is 23.1. The molecule has 60 heavy (non-hydrogen) atoms. The van der Waals surface area contributed by atoms with E-state index < -0.39 is 0 Å². The maximum atomic E-state index is 10.9. The second-order valence-electron chi connectivity index (χ2n) is 19.1. The summed E-state index contributed by atoms with van der Waals surface area (Å²) in [5.74, 6) is 2.59. The highest BCUT2D eigenvalue weighted by atomic mass is 16.5. The Labute approximate surface area is 368 Å². The van der Waals surface area contributed by atoms with Crippen LogP contribution < -0.4 is 21.3 Å². The van der Waals surface area contributed by atoms with E-state index >= 15 is 0 Å². The van der Waals surface area contributed by atoms with Gasteiger partial charge >= 0.3 is 0 Å². The average Bonchev–Trinajstić information content (AvgIpc) is 3.68. The summed E-state index contributed by atoms with van der Waals surface area (Å²) in [4.78, 5) is 62.5. The van der Waals surface area contributed by atoms with Crippen LogP contribution in [0.3, 0.4) is 0 Å². The van der Waals surface area contributed by atoms with Crippen molar-refractivity contribution in [1.29, 1.82) is 0 Å². The molecule has 0 radical (unpaired) electrons. The van der Waals surface area contributed by atoms with E-state index in [1.165, 1.54) is 25.7 Å². The van der Waals surface area contributed by atoms with E-state index in [9.17, 15) is 28.8 Å². The molecular weight excluding hydrogens is 761 g/mol. The molecule has 12 nitrogen and oxygen atoms in total. The molecule has 2 heterocycles. The highest BCUT2D eigenvalue weighted by Gasteiger charge is 2.33. The third-order valence-corrected chi connectivity index (χ3v) is 10.2. The van der Waals surface area contributed by atoms with E-state index in [0.29, 0.717) is 24.7 Å². The Kier molecular flexibility index (Phi) is 40.2. The largest absolute Gasteiger partial charge is 0.376 e. The Morgan fingerprint density at radius 2 is 0.883 bits per heavy atom. The molecule has 0 saturated carbocycles. The van der Waals surface area contributed by atoms with Crippen LogP contribution in [0.2, 0.25) is 0 Å². The van der Waals surface area contributed by atoms with E-state index in [-0.39, 0.29) is 58.5 Å². The summed E-state index contributed by atoms with van der Waals surface area (Å²) in [7, 11) is 0. The standard InChI is InChI=1S/2C11H24O.2C7H11NO2.2C6H13NO/c2*1-6-8-11(4,5)12-9-7-10(2)3;2*1-4(2)5-3-6(9)8-7(5)10;2*1-3-6(2)4-7-5-8/h2*10H,6-9H2,1-5H3;2*4-5H,3H2,1-2H3,(H,8,9,10);2*5-6H,3-4H2,1-2H3,(H,7,8). The molecule has 4 unspecified atom stereocenters. The Bertz CT molecular complexity index is 1040. The third-order valence-electron chi connectivity index (χ3n) is 10.2. The van der Waals surface area contributed by atoms with Crippen LogP contribution in [0.25, 0.3) is 0 Å². The summed E-state index contributed by atoms with van der Waals surface area (Å²) >= 11 is 0. The van der Waals surface area contributed by atoms with Gasteiger partial charge in [0.2, 0.25) is 36.4 Å². The van der Waals surface area contributed by atoms with Crippen LogP contribution in [0.4, 0.5) is 0 Å². The molecule has 4 atom stereocenters. The molecule has 356 valence electrons. The zero-order valence-electron chi connectivity index (χ0n) is 41.9. The molecule has 2 aliphatic rings. The molecule has 0 aromatic rings. The minimum atomic E-state index is -0.135. The smallest absolute Gasteiger partial charge is 0.230 e. The van der Waals surface area contributed by atoms with Gasteiger partial charge < -0.3 is 20.1 Å². The zero-order valence-corrected chi connectivity index (χ0v) is 41.9. The molecule has 4 N–H and O–H groups in total. The van der Waals surface area contributed by atoms with Crippen molar-refractivity contribution in [2.24, 2.45) is 47.3 Å². The number of rotatable bonds is 22. The predicted octanol–water partition coefficient (Wildman–Crippen LogP) is 9.42. The van der Waals surface area contributed by atoms with Gasteiger partial charge in [-0.2, -0.15) is 0 Å². The van der Waals surface area contributed by atoms with Gasteiger partial charge in [-0.1, -0.05) is 123 Å². The lowest BCUT2D eigenvalue weighted by Crippen LogP contribution is -2.24. The summed E-state index contributed by atoms with van der Waals surface area (Å²) in [5.41, 5.74) is 0.174. The van der Waals surface area contributed by atoms with Gasteiger partial charge in [-0.15, -0.1) is 0 Å². The van der Waals surface area contributed by atoms with Crippen LogP contribution in [-0.2, 0) is 38.2 Å². The molecule has 0 bridgehead atoms. The van der Waals surface area contributed by atoms with E-state index in [2.05, 4.69) is 118 Å². The second kappa shape index (κ2) is 37.9. The summed E-state index contributed by atoms with van der Waals surface area (Å²) in [6, 6.07) is 0. The lowest BCUT2D eigenvalue weighted by Gasteiger charge is -2.25. The third kappa shape index (κ3) is 40.5. The van der Waals surface area contributed by atoms with Crippen LogP contribution in [0.5, 0.6) is 0 Å². The Hall–Kier alpha value is -2.86. The molecule has 0 aromatic heterocycles. The molecule has 2 saturated heterocycles. The van der Waals surface area contributed by atoms with Crippen molar-refractivity contribution in [3.8, 4) is 0 Å². The number of carbonyl (C=O) groups excluding carboxylic acids is 6. The van der Waals surface area contributed by atoms with Gasteiger partial charge in [0.05, 0.1) is 11.2 Å². The Balaban J connectivity index is -0.000000316. The molecule has 0 aromatic carbocycles. The minimum Gasteiger partial charge on any atom is -0.376 e. The van der Waals surface area contributed by atoms with Crippen molar-refractivity contribution < 1.29 is 38.2 Å². The summed E-state index contributed by atoms with van der Waals surface area (Å²) in [6.45, 7) is 41.7. The van der Waals surface area contributed by atoms with Crippen LogP contribution in [0, 0.1) is 47.3 Å². The monoisotopic (exact) mass is 857 g/mol. The highest BCUT2D eigenvalue weighted by Crippen LogP contribution is 2.21. The van der Waals surface area contributed by atoms with E-state index in [0.717, 1.165) is 76.6 Å². The Morgan fingerprint density at radius 1 is 0.583 bits per heavy atom. The molecule has 2 aliphatic heterocycles. The molecule has 6 amide bonds. The number of nitrogens with one attached hydrogen (secondary N) is 4. The maximum Gasteiger partial charge on any atom is 0.230 e. The van der Waals surface area contributed by atoms with Crippen molar-refractivity contribution in [3.63, 3.8) is 0 Å². The van der Waals surface area contributed by atoms with Crippen molar-refractivity contribution >= 4 is 36.4 Å². The highest BCUT2D eigenvalue weighted by molar-refractivity contribution is 6.04. The quantitative estimate of drug-likeness (QED) is 0.0617. The van der Waals surface area contributed by atoms with Gasteiger partial charge in [-0.05, 0) is 88.9 Å². The van der Waals surface area contributed by atoms with Crippen molar-refractivity contribution in [1.82, 2.24) is 21.3 Å². The summed E-state index contributed by atoms with van der Waals surface area (Å²) in [5, 5.41) is 9.78. The number of hydrogen-bond donors (Lipinski definition) is 4. The van der Waals surface area contributed by atoms with Gasteiger partial charge in [-0.3, -0.25) is 39.4 Å². The average molecular weight is 857 g/mol. The predicted molar refractivity (Wildman–Crippen MR) is 248 cm³/mol. The SMILES string of the molecule is CC(C)C1CC(=O)NC1=O.CC(C)C1CC(=O)NC1=O.CCC(C)CNC=O.CCC(C)CNC=O.CCCC(C)(C)OCCC(C)C.CCCC(C)(C)OCCC(C)C. The van der Waals surface area contributed by atoms with Crippen molar-refractivity contribution in [2.45, 2.75) is 200 Å². The van der Waals surface area contributed by atoms with E-state index in [1.807, 2.05) is 27.7 Å². The first kappa shape index (κ1) is 63.8. The van der Waals surface area contributed by atoms with Gasteiger partial charge in [0.15, 0.2) is 0 Å². The zero-order chi connectivity index (χ0) is 47.5. The van der Waals surface area contributed by atoms with Gasteiger partial charge in [0.25, 0.3) is 0 Å². The van der Waals surface area contributed by atoms with Crippen LogP contribution >= 0.6 is 0 Å². The molecular formula is C48H96N4O8. The van der Waals surface area contributed by atoms with Gasteiger partial charge in [0.1, 0.15) is 0 Å². The van der Waals surface area contributed by atoms with Crippen molar-refractivity contribution in [3.05, 3.63) is 0 Å². The maximum absolute atomic E-state index is 10.9. The van der Waals surface area contributed by atoms with E-state index in [4.69, 9.17) is 9.47 Å². The van der Waals surface area contributed by atoms with Gasteiger partial charge in [0, 0.05) is 51.0 Å². The first-order chi connectivity index (χ1) is 27.8. The van der Waals surface area contributed by atoms with Crippen LogP contribution in [0.15, 0.2) is 0 Å². The van der Waals surface area contributed by atoms with Crippen molar-refractivity contribution in [2.75, 3.05) is 26.3 Å². The number of hydrogen-bond acceptors (Lipinski definition) is 8. The fourth-order valence-electron chi connectivity index (χ4n) is 5.50. The molecule has 2 fully saturated rings. The molecule has 2 rings (SSSR count). The fraction of sp³-hybridized carbons (Fsp3) is 0.875. The molecule has 0 aliphatic carbocycles. The first-order valence-electron chi connectivity index (χ1n) is 23.1. The molecule has 12 heteroatoms. The minimum absolute atomic E-state index is 0.0869. The fourth-order valence-corrected chi connectivity index (χ4v) is 5.50. The van der Waals surface area contributed by atoms with Gasteiger partial charge in [-0.25, -0.2) is 0 Å². The lowest BCUT2D eigenvalue weighted by atomic mass is 9.95. The number of amides is 6. The summed E-state index contributed by atoms with van der Waals surface area (Å²) in [6.07, 6.45) is 11.5. The molecule has 0 spiro atoms. The number of carbonyl (C=O) groups is 6. The topological polar surface area (TPSA) is 169 Å².